The molecule has 4 atom stereocenters. The highest BCUT2D eigenvalue weighted by atomic mass is 15.2. The van der Waals surface area contributed by atoms with E-state index in [0.29, 0.717) is 0 Å². The molecule has 110 valence electrons. The summed E-state index contributed by atoms with van der Waals surface area (Å²) in [6.45, 7) is 5.03. The summed E-state index contributed by atoms with van der Waals surface area (Å²) in [5.74, 6) is 1.01. The summed E-state index contributed by atoms with van der Waals surface area (Å²) < 4.78 is 0. The van der Waals surface area contributed by atoms with Gasteiger partial charge in [-0.05, 0) is 51.0 Å². The first-order valence-electron chi connectivity index (χ1n) is 8.87. The Kier molecular flexibility index (Phi) is 4.81. The second-order valence-corrected chi connectivity index (χ2v) is 7.18. The largest absolute Gasteiger partial charge is 0.310 e. The smallest absolute Gasteiger partial charge is 0.0201 e. The monoisotopic (exact) mass is 264 g/mol. The van der Waals surface area contributed by atoms with E-state index >= 15 is 0 Å². The molecule has 2 heterocycles. The predicted molar refractivity (Wildman–Crippen MR) is 81.4 cm³/mol. The number of nitrogens with one attached hydrogen (secondary N) is 1. The fourth-order valence-corrected chi connectivity index (χ4v) is 4.82. The Bertz CT molecular complexity index is 262. The summed E-state index contributed by atoms with van der Waals surface area (Å²) in [5, 5.41) is 3.96. The third kappa shape index (κ3) is 3.33. The quantitative estimate of drug-likeness (QED) is 0.835. The minimum atomic E-state index is 0.797. The lowest BCUT2D eigenvalue weighted by molar-refractivity contribution is 0.127. The third-order valence-corrected chi connectivity index (χ3v) is 5.77. The van der Waals surface area contributed by atoms with E-state index in [-0.39, 0.29) is 0 Å². The molecule has 0 spiro atoms. The van der Waals surface area contributed by atoms with Crippen LogP contribution in [0.25, 0.3) is 0 Å². The van der Waals surface area contributed by atoms with Crippen molar-refractivity contribution in [1.29, 1.82) is 0 Å². The normalized spacial score (nSPS) is 40.3. The van der Waals surface area contributed by atoms with Crippen molar-refractivity contribution in [2.75, 3.05) is 13.1 Å². The highest BCUT2D eigenvalue weighted by Crippen LogP contribution is 2.34. The summed E-state index contributed by atoms with van der Waals surface area (Å²) in [7, 11) is 0. The van der Waals surface area contributed by atoms with Gasteiger partial charge in [0.2, 0.25) is 0 Å². The highest BCUT2D eigenvalue weighted by Gasteiger charge is 2.36. The Morgan fingerprint density at radius 1 is 1.05 bits per heavy atom. The SMILES string of the molecule is CCCC1CCCCN1CC1CC2CCCCC2N1. The molecule has 3 rings (SSSR count). The minimum Gasteiger partial charge on any atom is -0.310 e. The van der Waals surface area contributed by atoms with E-state index in [1.807, 2.05) is 0 Å². The Balaban J connectivity index is 1.52. The van der Waals surface area contributed by atoms with E-state index < -0.39 is 0 Å². The summed E-state index contributed by atoms with van der Waals surface area (Å²) in [6, 6.07) is 2.56. The zero-order valence-corrected chi connectivity index (χ0v) is 12.7. The molecule has 1 aliphatic carbocycles. The Hall–Kier alpha value is -0.0800. The van der Waals surface area contributed by atoms with Crippen LogP contribution in [0.3, 0.4) is 0 Å². The first-order chi connectivity index (χ1) is 9.36. The van der Waals surface area contributed by atoms with Crippen LogP contribution in [-0.2, 0) is 0 Å². The van der Waals surface area contributed by atoms with Gasteiger partial charge >= 0.3 is 0 Å². The van der Waals surface area contributed by atoms with Crippen molar-refractivity contribution >= 4 is 0 Å². The number of rotatable bonds is 4. The molecule has 3 aliphatic rings. The zero-order valence-electron chi connectivity index (χ0n) is 12.7. The van der Waals surface area contributed by atoms with E-state index in [1.54, 1.807) is 0 Å². The molecule has 2 heteroatoms. The van der Waals surface area contributed by atoms with Crippen LogP contribution in [0.5, 0.6) is 0 Å². The van der Waals surface area contributed by atoms with Crippen molar-refractivity contribution in [3.05, 3.63) is 0 Å². The molecule has 0 aromatic rings. The first kappa shape index (κ1) is 13.9. The number of piperidine rings is 1. The molecule has 2 aliphatic heterocycles. The lowest BCUT2D eigenvalue weighted by atomic mass is 9.85. The average Bonchev–Trinajstić information content (AvgIpc) is 2.83. The molecule has 0 aromatic carbocycles. The summed E-state index contributed by atoms with van der Waals surface area (Å²) in [4.78, 5) is 2.82. The number of hydrogen-bond acceptors (Lipinski definition) is 2. The van der Waals surface area contributed by atoms with Crippen molar-refractivity contribution in [2.24, 2.45) is 5.92 Å². The van der Waals surface area contributed by atoms with Gasteiger partial charge in [-0.15, -0.1) is 0 Å². The van der Waals surface area contributed by atoms with Crippen molar-refractivity contribution in [1.82, 2.24) is 10.2 Å². The molecule has 2 nitrogen and oxygen atoms in total. The lowest BCUT2D eigenvalue weighted by Gasteiger charge is -2.37. The maximum Gasteiger partial charge on any atom is 0.0201 e. The molecular formula is C17H32N2. The number of likely N-dealkylation sites (tertiary alicyclic amines) is 1. The number of fused-ring (bicyclic) bond motifs is 1. The lowest BCUT2D eigenvalue weighted by Crippen LogP contribution is -2.46. The van der Waals surface area contributed by atoms with Crippen LogP contribution in [0.1, 0.15) is 71.1 Å². The summed E-state index contributed by atoms with van der Waals surface area (Å²) in [6.07, 6.45) is 14.5. The maximum absolute atomic E-state index is 3.96. The first-order valence-corrected chi connectivity index (χ1v) is 8.87. The molecule has 4 unspecified atom stereocenters. The van der Waals surface area contributed by atoms with Gasteiger partial charge in [0.15, 0.2) is 0 Å². The standard InChI is InChI=1S/C17H32N2/c1-2-7-16-9-5-6-11-19(16)13-15-12-14-8-3-4-10-17(14)18-15/h14-18H,2-13H2,1H3. The zero-order chi connectivity index (χ0) is 13.1. The van der Waals surface area contributed by atoms with Crippen molar-refractivity contribution in [3.8, 4) is 0 Å². The fraction of sp³-hybridized carbons (Fsp3) is 1.00. The van der Waals surface area contributed by atoms with Crippen molar-refractivity contribution < 1.29 is 0 Å². The molecule has 2 saturated heterocycles. The number of nitrogens with zero attached hydrogens (tertiary/aromatic N) is 1. The Morgan fingerprint density at radius 2 is 1.89 bits per heavy atom. The van der Waals surface area contributed by atoms with Gasteiger partial charge in [-0.25, -0.2) is 0 Å². The maximum atomic E-state index is 3.96. The third-order valence-electron chi connectivity index (χ3n) is 5.77. The molecule has 0 radical (unpaired) electrons. The number of hydrogen-bond donors (Lipinski definition) is 1. The molecule has 0 aromatic heterocycles. The second kappa shape index (κ2) is 6.58. The highest BCUT2D eigenvalue weighted by molar-refractivity contribution is 4.95. The molecule has 1 N–H and O–H groups in total. The van der Waals surface area contributed by atoms with Crippen LogP contribution >= 0.6 is 0 Å². The van der Waals surface area contributed by atoms with E-state index in [4.69, 9.17) is 0 Å². The van der Waals surface area contributed by atoms with Gasteiger partial charge in [0, 0.05) is 24.7 Å². The van der Waals surface area contributed by atoms with Crippen LogP contribution < -0.4 is 5.32 Å². The molecule has 3 fully saturated rings. The topological polar surface area (TPSA) is 15.3 Å². The summed E-state index contributed by atoms with van der Waals surface area (Å²) in [5.41, 5.74) is 0. The van der Waals surface area contributed by atoms with Gasteiger partial charge in [0.1, 0.15) is 0 Å². The van der Waals surface area contributed by atoms with Crippen LogP contribution in [0.15, 0.2) is 0 Å². The molecule has 1 saturated carbocycles. The van der Waals surface area contributed by atoms with Gasteiger partial charge in [0.05, 0.1) is 0 Å². The van der Waals surface area contributed by atoms with Gasteiger partial charge in [0.25, 0.3) is 0 Å². The van der Waals surface area contributed by atoms with Crippen LogP contribution in [0.2, 0.25) is 0 Å². The fourth-order valence-electron chi connectivity index (χ4n) is 4.82. The second-order valence-electron chi connectivity index (χ2n) is 7.18. The molecular weight excluding hydrogens is 232 g/mol. The van der Waals surface area contributed by atoms with E-state index in [1.165, 1.54) is 77.3 Å². The molecule has 19 heavy (non-hydrogen) atoms. The van der Waals surface area contributed by atoms with Gasteiger partial charge in [-0.3, -0.25) is 4.90 Å². The summed E-state index contributed by atoms with van der Waals surface area (Å²) >= 11 is 0. The van der Waals surface area contributed by atoms with E-state index in [9.17, 15) is 0 Å². The van der Waals surface area contributed by atoms with Crippen molar-refractivity contribution in [3.63, 3.8) is 0 Å². The van der Waals surface area contributed by atoms with Crippen LogP contribution in [-0.4, -0.2) is 36.1 Å². The van der Waals surface area contributed by atoms with Gasteiger partial charge in [-0.2, -0.15) is 0 Å². The molecule has 0 amide bonds. The van der Waals surface area contributed by atoms with Gasteiger partial charge < -0.3 is 5.32 Å². The van der Waals surface area contributed by atoms with E-state index in [2.05, 4.69) is 17.1 Å². The average molecular weight is 264 g/mol. The Morgan fingerprint density at radius 3 is 2.74 bits per heavy atom. The van der Waals surface area contributed by atoms with E-state index in [0.717, 1.165) is 24.0 Å². The minimum absolute atomic E-state index is 0.797. The Labute approximate surface area is 119 Å². The van der Waals surface area contributed by atoms with Gasteiger partial charge in [-0.1, -0.05) is 32.6 Å². The molecule has 0 bridgehead atoms. The van der Waals surface area contributed by atoms with Crippen LogP contribution in [0.4, 0.5) is 0 Å². The predicted octanol–water partition coefficient (Wildman–Crippen LogP) is 3.56. The van der Waals surface area contributed by atoms with Crippen LogP contribution in [0, 0.1) is 5.92 Å². The van der Waals surface area contributed by atoms with Crippen molar-refractivity contribution in [2.45, 2.75) is 89.3 Å².